The van der Waals surface area contributed by atoms with Gasteiger partial charge >= 0.3 is 6.03 Å². The molecule has 1 aliphatic heterocycles. The summed E-state index contributed by atoms with van der Waals surface area (Å²) in [7, 11) is 3.95. The first-order valence-corrected chi connectivity index (χ1v) is 10.5. The van der Waals surface area contributed by atoms with Crippen molar-refractivity contribution < 1.29 is 14.4 Å². The normalized spacial score (nSPS) is 14.5. The monoisotopic (exact) mass is 443 g/mol. The van der Waals surface area contributed by atoms with Crippen LogP contribution in [0.2, 0.25) is 0 Å². The van der Waals surface area contributed by atoms with Gasteiger partial charge < -0.3 is 20.1 Å². The number of anilines is 2. The Morgan fingerprint density at radius 3 is 2.52 bits per heavy atom. The summed E-state index contributed by atoms with van der Waals surface area (Å²) in [5.74, 6) is -0.996. The minimum atomic E-state index is -0.626. The fourth-order valence-corrected chi connectivity index (χ4v) is 3.59. The lowest BCUT2D eigenvalue weighted by molar-refractivity contribution is -0.127. The molecular formula is C25H25N5O3. The summed E-state index contributed by atoms with van der Waals surface area (Å²) < 4.78 is 1.92. The zero-order chi connectivity index (χ0) is 23.5. The maximum Gasteiger partial charge on any atom is 0.329 e. The second-order valence-corrected chi connectivity index (χ2v) is 8.01. The molecule has 0 atom stereocenters. The molecule has 0 aliphatic carbocycles. The Kier molecular flexibility index (Phi) is 5.99. The summed E-state index contributed by atoms with van der Waals surface area (Å²) >= 11 is 0. The summed E-state index contributed by atoms with van der Waals surface area (Å²) in [6.45, 7) is 1.54. The van der Waals surface area contributed by atoms with E-state index in [1.54, 1.807) is 12.1 Å². The van der Waals surface area contributed by atoms with E-state index >= 15 is 0 Å². The van der Waals surface area contributed by atoms with Crippen molar-refractivity contribution in [3.05, 3.63) is 83.8 Å². The van der Waals surface area contributed by atoms with Crippen LogP contribution in [0.4, 0.5) is 16.2 Å². The lowest BCUT2D eigenvalue weighted by Crippen LogP contribution is -2.38. The van der Waals surface area contributed by atoms with Gasteiger partial charge in [-0.25, -0.2) is 9.69 Å². The highest BCUT2D eigenvalue weighted by Crippen LogP contribution is 2.21. The number of carbonyl (C=O) groups excluding carboxylic acids is 3. The van der Waals surface area contributed by atoms with Gasteiger partial charge in [-0.05, 0) is 67.1 Å². The molecule has 1 aliphatic rings. The third kappa shape index (κ3) is 4.79. The van der Waals surface area contributed by atoms with E-state index in [1.807, 2.05) is 91.3 Å². The van der Waals surface area contributed by atoms with E-state index in [2.05, 4.69) is 10.6 Å². The summed E-state index contributed by atoms with van der Waals surface area (Å²) in [5, 5.41) is 5.29. The number of rotatable bonds is 6. The van der Waals surface area contributed by atoms with E-state index in [9.17, 15) is 14.4 Å². The fraction of sp³-hybridized carbons (Fsp3) is 0.160. The number of nitrogens with one attached hydrogen (secondary N) is 2. The van der Waals surface area contributed by atoms with Crippen LogP contribution in [0.15, 0.2) is 72.6 Å². The van der Waals surface area contributed by atoms with Gasteiger partial charge in [-0.1, -0.05) is 12.1 Å². The number of imide groups is 1. The first-order chi connectivity index (χ1) is 15.8. The predicted molar refractivity (Wildman–Crippen MR) is 128 cm³/mol. The van der Waals surface area contributed by atoms with Crippen LogP contribution in [0.3, 0.4) is 0 Å². The summed E-state index contributed by atoms with van der Waals surface area (Å²) in [6, 6.07) is 18.4. The minimum Gasteiger partial charge on any atom is -0.378 e. The molecule has 4 rings (SSSR count). The predicted octanol–water partition coefficient (Wildman–Crippen LogP) is 3.38. The molecule has 8 nitrogen and oxygen atoms in total. The highest BCUT2D eigenvalue weighted by molar-refractivity contribution is 6.15. The summed E-state index contributed by atoms with van der Waals surface area (Å²) in [4.78, 5) is 40.5. The lowest BCUT2D eigenvalue weighted by Gasteiger charge is -2.14. The van der Waals surface area contributed by atoms with Crippen LogP contribution >= 0.6 is 0 Å². The second-order valence-electron chi connectivity index (χ2n) is 8.01. The highest BCUT2D eigenvalue weighted by Gasteiger charge is 2.35. The molecule has 1 saturated heterocycles. The molecule has 2 heterocycles. The van der Waals surface area contributed by atoms with Gasteiger partial charge in [-0.15, -0.1) is 0 Å². The number of aryl methyl sites for hydroxylation is 1. The first-order valence-electron chi connectivity index (χ1n) is 10.5. The molecule has 0 bridgehead atoms. The number of amides is 4. The lowest BCUT2D eigenvalue weighted by atomic mass is 10.2. The summed E-state index contributed by atoms with van der Waals surface area (Å²) in [5.41, 5.74) is 4.44. The average molecular weight is 444 g/mol. The fourth-order valence-electron chi connectivity index (χ4n) is 3.59. The van der Waals surface area contributed by atoms with Crippen LogP contribution in [0, 0.1) is 6.92 Å². The average Bonchev–Trinajstić information content (AvgIpc) is 3.34. The van der Waals surface area contributed by atoms with Crippen LogP contribution in [-0.4, -0.2) is 48.0 Å². The number of nitrogens with zero attached hydrogens (tertiary/aromatic N) is 3. The van der Waals surface area contributed by atoms with E-state index in [1.165, 1.54) is 0 Å². The molecule has 0 radical (unpaired) electrons. The molecule has 8 heteroatoms. The van der Waals surface area contributed by atoms with Gasteiger partial charge in [0, 0.05) is 43.0 Å². The Bertz CT molecular complexity index is 1240. The van der Waals surface area contributed by atoms with Crippen molar-refractivity contribution >= 4 is 35.3 Å². The molecule has 3 aromatic rings. The number of hydrogen-bond acceptors (Lipinski definition) is 4. The Labute approximate surface area is 192 Å². The number of benzene rings is 2. The van der Waals surface area contributed by atoms with Gasteiger partial charge in [-0.3, -0.25) is 9.59 Å². The summed E-state index contributed by atoms with van der Waals surface area (Å²) in [6.07, 6.45) is 3.49. The van der Waals surface area contributed by atoms with Crippen molar-refractivity contribution in [1.29, 1.82) is 0 Å². The Morgan fingerprint density at radius 2 is 1.82 bits per heavy atom. The maximum absolute atomic E-state index is 12.8. The van der Waals surface area contributed by atoms with Crippen molar-refractivity contribution in [2.75, 3.05) is 30.9 Å². The van der Waals surface area contributed by atoms with Gasteiger partial charge in [0.15, 0.2) is 0 Å². The van der Waals surface area contributed by atoms with Gasteiger partial charge in [0.1, 0.15) is 12.2 Å². The molecular weight excluding hydrogens is 418 g/mol. The number of carbonyl (C=O) groups is 3. The van der Waals surface area contributed by atoms with Crippen molar-refractivity contribution in [3.63, 3.8) is 0 Å². The molecule has 33 heavy (non-hydrogen) atoms. The Morgan fingerprint density at radius 1 is 1.06 bits per heavy atom. The van der Waals surface area contributed by atoms with Gasteiger partial charge in [0.05, 0.1) is 0 Å². The zero-order valence-electron chi connectivity index (χ0n) is 18.7. The topological polar surface area (TPSA) is 86.7 Å². The molecule has 1 aromatic heterocycles. The smallest absolute Gasteiger partial charge is 0.329 e. The molecule has 0 saturated carbocycles. The van der Waals surface area contributed by atoms with E-state index in [0.717, 1.165) is 27.5 Å². The van der Waals surface area contributed by atoms with Crippen LogP contribution in [-0.2, 0) is 9.59 Å². The number of urea groups is 1. The van der Waals surface area contributed by atoms with Crippen molar-refractivity contribution in [2.45, 2.75) is 6.92 Å². The first kappa shape index (κ1) is 21.9. The Balaban J connectivity index is 1.49. The molecule has 0 unspecified atom stereocenters. The number of hydrogen-bond donors (Lipinski definition) is 2. The third-order valence-corrected chi connectivity index (χ3v) is 5.28. The van der Waals surface area contributed by atoms with Crippen molar-refractivity contribution in [2.24, 2.45) is 0 Å². The van der Waals surface area contributed by atoms with Crippen LogP contribution in [0.25, 0.3) is 11.8 Å². The van der Waals surface area contributed by atoms with E-state index in [4.69, 9.17) is 0 Å². The quantitative estimate of drug-likeness (QED) is 0.452. The molecule has 0 spiro atoms. The van der Waals surface area contributed by atoms with Crippen LogP contribution < -0.4 is 15.5 Å². The maximum atomic E-state index is 12.8. The molecule has 4 amide bonds. The van der Waals surface area contributed by atoms with Gasteiger partial charge in [0.25, 0.3) is 5.91 Å². The molecule has 2 aromatic carbocycles. The SMILES string of the molecule is Cc1cccc(NC(=O)CN2C(=O)N/C(=C\c3cccn3-c3ccc(N(C)C)cc3)C2=O)c1. The molecule has 1 fully saturated rings. The van der Waals surface area contributed by atoms with Crippen molar-refractivity contribution in [3.8, 4) is 5.69 Å². The van der Waals surface area contributed by atoms with E-state index in [-0.39, 0.29) is 12.2 Å². The highest BCUT2D eigenvalue weighted by atomic mass is 16.2. The second kappa shape index (κ2) is 9.04. The van der Waals surface area contributed by atoms with Gasteiger partial charge in [0.2, 0.25) is 5.91 Å². The zero-order valence-corrected chi connectivity index (χ0v) is 18.7. The molecule has 168 valence electrons. The standard InChI is InChI=1S/C25H25N5O3/c1-17-6-4-7-18(14-17)26-23(31)16-30-24(32)22(27-25(30)33)15-21-8-5-13-29(21)20-11-9-19(10-12-20)28(2)3/h4-15H,16H2,1-3H3,(H,26,31)(H,27,33)/b22-15-. The molecule has 2 N–H and O–H groups in total. The number of aromatic nitrogens is 1. The van der Waals surface area contributed by atoms with E-state index in [0.29, 0.717) is 5.69 Å². The van der Waals surface area contributed by atoms with Crippen LogP contribution in [0.5, 0.6) is 0 Å². The van der Waals surface area contributed by atoms with Crippen molar-refractivity contribution in [1.82, 2.24) is 14.8 Å². The van der Waals surface area contributed by atoms with Crippen LogP contribution in [0.1, 0.15) is 11.3 Å². The minimum absolute atomic E-state index is 0.119. The third-order valence-electron chi connectivity index (χ3n) is 5.28. The van der Waals surface area contributed by atoms with Gasteiger partial charge in [-0.2, -0.15) is 0 Å². The van der Waals surface area contributed by atoms with E-state index < -0.39 is 17.8 Å². The largest absolute Gasteiger partial charge is 0.378 e. The Hall–Kier alpha value is -4.33.